The number of ketones is 1. The van der Waals surface area contributed by atoms with E-state index in [1.165, 1.54) is 44.9 Å². The maximum absolute atomic E-state index is 12.0. The Hall–Kier alpha value is -0.590. The van der Waals surface area contributed by atoms with Gasteiger partial charge in [-0.1, -0.05) is 31.9 Å². The normalized spacial score (nSPS) is 51.0. The van der Waals surface area contributed by atoms with Crippen LogP contribution in [0.4, 0.5) is 0 Å². The van der Waals surface area contributed by atoms with Gasteiger partial charge in [0.1, 0.15) is 5.78 Å². The molecule has 0 unspecified atom stereocenters. The first kappa shape index (κ1) is 13.1. The largest absolute Gasteiger partial charge is 0.299 e. The van der Waals surface area contributed by atoms with Crippen LogP contribution in [-0.2, 0) is 4.79 Å². The molecule has 0 aromatic rings. The summed E-state index contributed by atoms with van der Waals surface area (Å²) in [5.74, 6) is 3.14. The van der Waals surface area contributed by atoms with Crippen molar-refractivity contribution in [3.8, 4) is 0 Å². The molecular formula is C19H28O. The molecule has 0 aliphatic heterocycles. The number of rotatable bonds is 0. The molecule has 3 fully saturated rings. The number of Topliss-reactive ketones (excluding diaryl/α,β-unsaturated/α-hetero) is 1. The molecule has 110 valence electrons. The predicted octanol–water partition coefficient (Wildman–Crippen LogP) is 4.91. The molecule has 4 aliphatic carbocycles. The zero-order valence-corrected chi connectivity index (χ0v) is 13.1. The van der Waals surface area contributed by atoms with Gasteiger partial charge >= 0.3 is 0 Å². The predicted molar refractivity (Wildman–Crippen MR) is 81.3 cm³/mol. The van der Waals surface area contributed by atoms with Gasteiger partial charge in [0.2, 0.25) is 0 Å². The number of carbonyl (C=O) groups is 1. The topological polar surface area (TPSA) is 17.1 Å². The SMILES string of the molecule is C[C@@]12CCC[C@H]1[C@@H]1CCC3=CCC(=O)C[C@]3(C)[C@H]1CC2. The lowest BCUT2D eigenvalue weighted by molar-refractivity contribution is -0.124. The van der Waals surface area contributed by atoms with Crippen LogP contribution < -0.4 is 0 Å². The minimum Gasteiger partial charge on any atom is -0.299 e. The van der Waals surface area contributed by atoms with Crippen molar-refractivity contribution in [1.29, 1.82) is 0 Å². The highest BCUT2D eigenvalue weighted by Gasteiger charge is 2.56. The van der Waals surface area contributed by atoms with Gasteiger partial charge in [0.15, 0.2) is 0 Å². The number of hydrogen-bond acceptors (Lipinski definition) is 1. The summed E-state index contributed by atoms with van der Waals surface area (Å²) >= 11 is 0. The van der Waals surface area contributed by atoms with Gasteiger partial charge in [-0.05, 0) is 67.1 Å². The van der Waals surface area contributed by atoms with Crippen LogP contribution in [0, 0.1) is 28.6 Å². The van der Waals surface area contributed by atoms with Gasteiger partial charge in [-0.25, -0.2) is 0 Å². The third-order valence-electron chi connectivity index (χ3n) is 7.66. The maximum Gasteiger partial charge on any atom is 0.137 e. The van der Waals surface area contributed by atoms with Crippen LogP contribution in [0.5, 0.6) is 0 Å². The molecule has 4 aliphatic rings. The Balaban J connectivity index is 1.70. The summed E-state index contributed by atoms with van der Waals surface area (Å²) in [5.41, 5.74) is 2.50. The summed E-state index contributed by atoms with van der Waals surface area (Å²) in [4.78, 5) is 12.0. The highest BCUT2D eigenvalue weighted by Crippen LogP contribution is 2.65. The second-order valence-corrected chi connectivity index (χ2v) is 8.57. The molecular weight excluding hydrogens is 244 g/mol. The average molecular weight is 272 g/mol. The van der Waals surface area contributed by atoms with E-state index >= 15 is 0 Å². The zero-order chi connectivity index (χ0) is 14.0. The minimum absolute atomic E-state index is 0.224. The Morgan fingerprint density at radius 2 is 1.95 bits per heavy atom. The lowest BCUT2D eigenvalue weighted by atomic mass is 9.47. The molecule has 0 radical (unpaired) electrons. The third-order valence-corrected chi connectivity index (χ3v) is 7.66. The van der Waals surface area contributed by atoms with Gasteiger partial charge in [-0.15, -0.1) is 0 Å². The van der Waals surface area contributed by atoms with E-state index in [4.69, 9.17) is 0 Å². The molecule has 0 aromatic heterocycles. The van der Waals surface area contributed by atoms with Crippen molar-refractivity contribution in [3.63, 3.8) is 0 Å². The fourth-order valence-corrected chi connectivity index (χ4v) is 6.62. The summed E-state index contributed by atoms with van der Waals surface area (Å²) in [7, 11) is 0. The first-order valence-electron chi connectivity index (χ1n) is 8.74. The van der Waals surface area contributed by atoms with Crippen LogP contribution in [0.1, 0.15) is 71.6 Å². The minimum atomic E-state index is 0.224. The third kappa shape index (κ3) is 1.64. The van der Waals surface area contributed by atoms with Crippen LogP contribution >= 0.6 is 0 Å². The molecule has 1 heteroatoms. The van der Waals surface area contributed by atoms with Crippen molar-refractivity contribution < 1.29 is 4.79 Å². The summed E-state index contributed by atoms with van der Waals surface area (Å²) in [6, 6.07) is 0. The lowest BCUT2D eigenvalue weighted by Gasteiger charge is -2.57. The Morgan fingerprint density at radius 1 is 1.10 bits per heavy atom. The molecule has 0 spiro atoms. The fourth-order valence-electron chi connectivity index (χ4n) is 6.62. The van der Waals surface area contributed by atoms with Gasteiger partial charge in [-0.3, -0.25) is 4.79 Å². The molecule has 1 nitrogen and oxygen atoms in total. The zero-order valence-electron chi connectivity index (χ0n) is 13.1. The van der Waals surface area contributed by atoms with Gasteiger partial charge in [0.25, 0.3) is 0 Å². The van der Waals surface area contributed by atoms with E-state index in [0.717, 1.165) is 24.2 Å². The van der Waals surface area contributed by atoms with Crippen LogP contribution in [0.3, 0.4) is 0 Å². The first-order valence-corrected chi connectivity index (χ1v) is 8.74. The van der Waals surface area contributed by atoms with E-state index < -0.39 is 0 Å². The second-order valence-electron chi connectivity index (χ2n) is 8.57. The fraction of sp³-hybridized carbons (Fsp3) is 0.842. The molecule has 3 saturated carbocycles. The Labute approximate surface area is 123 Å². The number of allylic oxidation sites excluding steroid dienone is 2. The summed E-state index contributed by atoms with van der Waals surface area (Å²) < 4.78 is 0. The van der Waals surface area contributed by atoms with Crippen LogP contribution in [0.2, 0.25) is 0 Å². The van der Waals surface area contributed by atoms with E-state index in [9.17, 15) is 4.79 Å². The van der Waals surface area contributed by atoms with Gasteiger partial charge < -0.3 is 0 Å². The van der Waals surface area contributed by atoms with Crippen LogP contribution in [-0.4, -0.2) is 5.78 Å². The Kier molecular flexibility index (Phi) is 2.76. The van der Waals surface area contributed by atoms with Gasteiger partial charge in [-0.2, -0.15) is 0 Å². The van der Waals surface area contributed by atoms with Gasteiger partial charge in [0, 0.05) is 12.8 Å². The summed E-state index contributed by atoms with van der Waals surface area (Å²) in [6.45, 7) is 4.98. The summed E-state index contributed by atoms with van der Waals surface area (Å²) in [5, 5.41) is 0. The van der Waals surface area contributed by atoms with Crippen LogP contribution in [0.25, 0.3) is 0 Å². The maximum atomic E-state index is 12.0. The molecule has 0 N–H and O–H groups in total. The Morgan fingerprint density at radius 3 is 2.80 bits per heavy atom. The Bertz CT molecular complexity index is 476. The van der Waals surface area contributed by atoms with E-state index in [-0.39, 0.29) is 5.41 Å². The summed E-state index contributed by atoms with van der Waals surface area (Å²) in [6.07, 6.45) is 13.7. The number of fused-ring (bicyclic) bond motifs is 5. The molecule has 4 rings (SSSR count). The smallest absolute Gasteiger partial charge is 0.137 e. The highest BCUT2D eigenvalue weighted by molar-refractivity contribution is 5.82. The van der Waals surface area contributed by atoms with Crippen molar-refractivity contribution in [2.75, 3.05) is 0 Å². The molecule has 0 heterocycles. The van der Waals surface area contributed by atoms with E-state index in [1.807, 2.05) is 0 Å². The highest BCUT2D eigenvalue weighted by atomic mass is 16.1. The van der Waals surface area contributed by atoms with Gasteiger partial charge in [0.05, 0.1) is 0 Å². The lowest BCUT2D eigenvalue weighted by Crippen LogP contribution is -2.49. The monoisotopic (exact) mass is 272 g/mol. The van der Waals surface area contributed by atoms with Crippen molar-refractivity contribution in [2.45, 2.75) is 71.6 Å². The molecule has 0 saturated heterocycles. The van der Waals surface area contributed by atoms with Crippen molar-refractivity contribution in [1.82, 2.24) is 0 Å². The molecule has 20 heavy (non-hydrogen) atoms. The molecule has 0 bridgehead atoms. The van der Waals surface area contributed by atoms with Crippen molar-refractivity contribution >= 4 is 5.78 Å². The molecule has 0 amide bonds. The average Bonchev–Trinajstić information content (AvgIpc) is 2.79. The molecule has 0 aromatic carbocycles. The number of carbonyl (C=O) groups excluding carboxylic acids is 1. The standard InChI is InChI=1S/C19H28O/c1-18-10-3-4-16(18)15-8-6-13-5-7-14(20)12-19(13,2)17(15)9-11-18/h5,15-17H,3-4,6-12H2,1-2H3/t15-,16-,17-,18-,19-/m0/s1. The van der Waals surface area contributed by atoms with Crippen LogP contribution in [0.15, 0.2) is 11.6 Å². The quantitative estimate of drug-likeness (QED) is 0.573. The second kappa shape index (κ2) is 4.21. The van der Waals surface area contributed by atoms with E-state index in [0.29, 0.717) is 17.6 Å². The van der Waals surface area contributed by atoms with E-state index in [1.54, 1.807) is 5.57 Å². The molecule has 5 atom stereocenters. The first-order chi connectivity index (χ1) is 9.53. The van der Waals surface area contributed by atoms with E-state index in [2.05, 4.69) is 19.9 Å². The van der Waals surface area contributed by atoms with Crippen molar-refractivity contribution in [2.24, 2.45) is 28.6 Å². The van der Waals surface area contributed by atoms with Crippen molar-refractivity contribution in [3.05, 3.63) is 11.6 Å². The number of hydrogen-bond donors (Lipinski definition) is 0.